The maximum Gasteiger partial charge on any atom is 0.120 e. The molecule has 1 aromatic rings. The van der Waals surface area contributed by atoms with E-state index in [0.29, 0.717) is 5.75 Å². The van der Waals surface area contributed by atoms with Crippen molar-refractivity contribution in [3.05, 3.63) is 28.2 Å². The first-order valence-corrected chi connectivity index (χ1v) is 6.41. The van der Waals surface area contributed by atoms with Crippen molar-refractivity contribution in [1.82, 2.24) is 5.32 Å². The highest BCUT2D eigenvalue weighted by molar-refractivity contribution is 9.10. The molecule has 1 unspecified atom stereocenters. The third-order valence-electron chi connectivity index (χ3n) is 2.95. The first-order chi connectivity index (χ1) is 7.35. The van der Waals surface area contributed by atoms with E-state index in [2.05, 4.69) is 48.9 Å². The first-order valence-electron chi connectivity index (χ1n) is 5.62. The van der Waals surface area contributed by atoms with Gasteiger partial charge < -0.3 is 10.4 Å². The first kappa shape index (κ1) is 13.5. The van der Waals surface area contributed by atoms with E-state index in [1.54, 1.807) is 6.07 Å². The van der Waals surface area contributed by atoms with E-state index in [1.807, 2.05) is 12.1 Å². The Bertz CT molecular complexity index is 363. The second kappa shape index (κ2) is 5.19. The minimum Gasteiger partial charge on any atom is -0.508 e. The van der Waals surface area contributed by atoms with Crippen LogP contribution in [-0.4, -0.2) is 10.6 Å². The maximum absolute atomic E-state index is 9.81. The van der Waals surface area contributed by atoms with Crippen LogP contribution in [0.25, 0.3) is 0 Å². The van der Waals surface area contributed by atoms with E-state index in [4.69, 9.17) is 0 Å². The Hall–Kier alpha value is -0.540. The van der Waals surface area contributed by atoms with Crippen molar-refractivity contribution in [3.8, 4) is 5.75 Å². The number of phenolic OH excluding ortho intramolecular Hbond substituents is 1. The van der Waals surface area contributed by atoms with Crippen LogP contribution < -0.4 is 5.32 Å². The summed E-state index contributed by atoms with van der Waals surface area (Å²) < 4.78 is 0.989. The van der Waals surface area contributed by atoms with E-state index in [9.17, 15) is 5.11 Å². The van der Waals surface area contributed by atoms with Crippen LogP contribution in [0.15, 0.2) is 22.7 Å². The molecule has 0 bridgehead atoms. The monoisotopic (exact) mass is 285 g/mol. The Morgan fingerprint density at radius 3 is 2.62 bits per heavy atom. The fourth-order valence-electron chi connectivity index (χ4n) is 1.64. The van der Waals surface area contributed by atoms with Crippen LogP contribution in [-0.2, 0) is 0 Å². The van der Waals surface area contributed by atoms with Gasteiger partial charge >= 0.3 is 0 Å². The minimum absolute atomic E-state index is 0.0776. The Balaban J connectivity index is 2.88. The summed E-state index contributed by atoms with van der Waals surface area (Å²) in [4.78, 5) is 0. The van der Waals surface area contributed by atoms with Gasteiger partial charge in [-0.2, -0.15) is 0 Å². The number of phenols is 1. The summed E-state index contributed by atoms with van der Waals surface area (Å²) in [6.07, 6.45) is 1.05. The zero-order valence-corrected chi connectivity index (χ0v) is 11.9. The molecule has 0 heterocycles. The Morgan fingerprint density at radius 1 is 1.44 bits per heavy atom. The zero-order chi connectivity index (χ0) is 12.3. The van der Waals surface area contributed by atoms with Crippen LogP contribution in [0.2, 0.25) is 0 Å². The predicted octanol–water partition coefficient (Wildman–Crippen LogP) is 3.99. The minimum atomic E-state index is 0.0776. The van der Waals surface area contributed by atoms with Gasteiger partial charge in [0.1, 0.15) is 5.75 Å². The Morgan fingerprint density at radius 2 is 2.06 bits per heavy atom. The standard InChI is InChI=1S/C13H20BrNO/c1-5-13(3,4)15-9(2)11-8-10(14)6-7-12(11)16/h6-9,15-16H,5H2,1-4H3. The molecule has 0 radical (unpaired) electrons. The van der Waals surface area contributed by atoms with Gasteiger partial charge in [0.05, 0.1) is 0 Å². The molecule has 2 nitrogen and oxygen atoms in total. The molecule has 0 aliphatic rings. The predicted molar refractivity (Wildman–Crippen MR) is 71.7 cm³/mol. The molecular formula is C13H20BrNO. The fourth-order valence-corrected chi connectivity index (χ4v) is 2.02. The lowest BCUT2D eigenvalue weighted by atomic mass is 9.98. The number of hydrogen-bond donors (Lipinski definition) is 2. The van der Waals surface area contributed by atoms with E-state index in [1.165, 1.54) is 0 Å². The maximum atomic E-state index is 9.81. The average molecular weight is 286 g/mol. The van der Waals surface area contributed by atoms with Gasteiger partial charge in [-0.25, -0.2) is 0 Å². The van der Waals surface area contributed by atoms with Gasteiger partial charge in [-0.15, -0.1) is 0 Å². The van der Waals surface area contributed by atoms with Gasteiger partial charge in [0.2, 0.25) is 0 Å². The van der Waals surface area contributed by atoms with Gasteiger partial charge in [0.25, 0.3) is 0 Å². The number of aromatic hydroxyl groups is 1. The summed E-state index contributed by atoms with van der Waals surface area (Å²) in [5.74, 6) is 0.343. The lowest BCUT2D eigenvalue weighted by Crippen LogP contribution is -2.40. The van der Waals surface area contributed by atoms with Crippen molar-refractivity contribution >= 4 is 15.9 Å². The highest BCUT2D eigenvalue weighted by Crippen LogP contribution is 2.28. The summed E-state index contributed by atoms with van der Waals surface area (Å²) in [6, 6.07) is 5.65. The number of halogens is 1. The Labute approximate surface area is 106 Å². The van der Waals surface area contributed by atoms with Crippen LogP contribution in [0.1, 0.15) is 45.7 Å². The molecule has 0 aliphatic carbocycles. The van der Waals surface area contributed by atoms with Gasteiger partial charge in [-0.1, -0.05) is 22.9 Å². The number of benzene rings is 1. The zero-order valence-electron chi connectivity index (χ0n) is 10.3. The van der Waals surface area contributed by atoms with Crippen LogP contribution in [0.4, 0.5) is 0 Å². The normalized spacial score (nSPS) is 13.8. The second-order valence-corrected chi connectivity index (χ2v) is 5.72. The second-order valence-electron chi connectivity index (χ2n) is 4.81. The van der Waals surface area contributed by atoms with Crippen molar-refractivity contribution in [2.24, 2.45) is 0 Å². The molecule has 1 aromatic carbocycles. The van der Waals surface area contributed by atoms with E-state index in [-0.39, 0.29) is 11.6 Å². The topological polar surface area (TPSA) is 32.3 Å². The van der Waals surface area contributed by atoms with Crippen molar-refractivity contribution in [3.63, 3.8) is 0 Å². The lowest BCUT2D eigenvalue weighted by molar-refractivity contribution is 0.332. The Kier molecular flexibility index (Phi) is 4.39. The van der Waals surface area contributed by atoms with Crippen LogP contribution in [0.3, 0.4) is 0 Å². The largest absolute Gasteiger partial charge is 0.508 e. The number of nitrogens with one attached hydrogen (secondary N) is 1. The smallest absolute Gasteiger partial charge is 0.120 e. The third kappa shape index (κ3) is 3.49. The number of hydrogen-bond acceptors (Lipinski definition) is 2. The van der Waals surface area contributed by atoms with E-state index >= 15 is 0 Å². The average Bonchev–Trinajstić information content (AvgIpc) is 2.21. The summed E-state index contributed by atoms with van der Waals surface area (Å²) in [5.41, 5.74) is 1.00. The molecule has 0 aliphatic heterocycles. The van der Waals surface area contributed by atoms with Gasteiger partial charge in [-0.3, -0.25) is 0 Å². The molecule has 0 fully saturated rings. The van der Waals surface area contributed by atoms with Crippen LogP contribution in [0.5, 0.6) is 5.75 Å². The summed E-state index contributed by atoms with van der Waals surface area (Å²) >= 11 is 3.42. The molecule has 0 aromatic heterocycles. The molecule has 0 saturated carbocycles. The molecule has 0 spiro atoms. The molecule has 16 heavy (non-hydrogen) atoms. The molecule has 1 rings (SSSR count). The molecular weight excluding hydrogens is 266 g/mol. The molecule has 90 valence electrons. The van der Waals surface area contributed by atoms with Crippen molar-refractivity contribution in [1.29, 1.82) is 0 Å². The SMILES string of the molecule is CCC(C)(C)NC(C)c1cc(Br)ccc1O. The van der Waals surface area contributed by atoms with Gasteiger partial charge in [0, 0.05) is 21.6 Å². The van der Waals surface area contributed by atoms with Gasteiger partial charge in [-0.05, 0) is 45.4 Å². The van der Waals surface area contributed by atoms with Crippen molar-refractivity contribution < 1.29 is 5.11 Å². The molecule has 1 atom stereocenters. The van der Waals surface area contributed by atoms with Crippen LogP contribution in [0, 0.1) is 0 Å². The lowest BCUT2D eigenvalue weighted by Gasteiger charge is -2.29. The fraction of sp³-hybridized carbons (Fsp3) is 0.538. The highest BCUT2D eigenvalue weighted by atomic mass is 79.9. The van der Waals surface area contributed by atoms with Gasteiger partial charge in [0.15, 0.2) is 0 Å². The van der Waals surface area contributed by atoms with E-state index in [0.717, 1.165) is 16.5 Å². The quantitative estimate of drug-likeness (QED) is 0.877. The summed E-state index contributed by atoms with van der Waals surface area (Å²) in [6.45, 7) is 8.55. The van der Waals surface area contributed by atoms with Crippen molar-refractivity contribution in [2.45, 2.75) is 45.7 Å². The molecule has 0 amide bonds. The van der Waals surface area contributed by atoms with E-state index < -0.39 is 0 Å². The van der Waals surface area contributed by atoms with Crippen molar-refractivity contribution in [2.75, 3.05) is 0 Å². The molecule has 0 saturated heterocycles. The summed E-state index contributed by atoms with van der Waals surface area (Å²) in [7, 11) is 0. The highest BCUT2D eigenvalue weighted by Gasteiger charge is 2.20. The number of rotatable bonds is 4. The van der Waals surface area contributed by atoms with Crippen LogP contribution >= 0.6 is 15.9 Å². The molecule has 3 heteroatoms. The molecule has 2 N–H and O–H groups in total. The third-order valence-corrected chi connectivity index (χ3v) is 3.44. The summed E-state index contributed by atoms with van der Waals surface area (Å²) in [5, 5.41) is 13.3.